The van der Waals surface area contributed by atoms with Crippen molar-refractivity contribution in [3.05, 3.63) is 53.6 Å². The van der Waals surface area contributed by atoms with Crippen molar-refractivity contribution in [3.8, 4) is 0 Å². The van der Waals surface area contributed by atoms with Crippen LogP contribution in [0.3, 0.4) is 0 Å². The third kappa shape index (κ3) is 4.59. The fourth-order valence-corrected chi connectivity index (χ4v) is 4.51. The first kappa shape index (κ1) is 19.2. The topological polar surface area (TPSA) is 54.0 Å². The van der Waals surface area contributed by atoms with Crippen LogP contribution in [0.2, 0.25) is 5.02 Å². The molecule has 0 spiro atoms. The maximum atomic E-state index is 12.4. The molecule has 128 valence electrons. The fraction of sp³-hybridized carbons (Fsp3) is 0.0625. The van der Waals surface area contributed by atoms with Crippen LogP contribution in [-0.4, -0.2) is 16.0 Å². The summed E-state index contributed by atoms with van der Waals surface area (Å²) in [6, 6.07) is 9.47. The molecular formula is C16H10ClI2N3OS2. The van der Waals surface area contributed by atoms with Crippen molar-refractivity contribution >= 4 is 107 Å². The summed E-state index contributed by atoms with van der Waals surface area (Å²) in [6.07, 6.45) is 0. The van der Waals surface area contributed by atoms with Crippen LogP contribution in [0.5, 0.6) is 0 Å². The summed E-state index contributed by atoms with van der Waals surface area (Å²) in [5.74, 6) is -0.250. The number of aromatic nitrogens is 1. The SMILES string of the molecule is Cc1cc2sc(NC(=S)NC(=O)c3cc(I)ccc3I)nc2cc1Cl. The molecule has 2 aromatic carbocycles. The first-order chi connectivity index (χ1) is 11.8. The molecule has 0 bridgehead atoms. The van der Waals surface area contributed by atoms with Crippen molar-refractivity contribution in [2.24, 2.45) is 0 Å². The molecular weight excluding hydrogens is 604 g/mol. The molecule has 0 fully saturated rings. The molecule has 0 atom stereocenters. The van der Waals surface area contributed by atoms with Gasteiger partial charge >= 0.3 is 0 Å². The molecule has 0 unspecified atom stereocenters. The zero-order chi connectivity index (χ0) is 18.1. The first-order valence-electron chi connectivity index (χ1n) is 6.97. The third-order valence-corrected chi connectivity index (χ3v) is 6.45. The number of fused-ring (bicyclic) bond motifs is 1. The van der Waals surface area contributed by atoms with Gasteiger partial charge in [-0.05, 0) is 100 Å². The maximum absolute atomic E-state index is 12.4. The van der Waals surface area contributed by atoms with Crippen LogP contribution in [0.4, 0.5) is 5.13 Å². The Labute approximate surface area is 186 Å². The predicted octanol–water partition coefficient (Wildman–Crippen LogP) is 5.59. The number of thiocarbonyl (C=S) groups is 1. The summed E-state index contributed by atoms with van der Waals surface area (Å²) in [4.78, 5) is 16.8. The molecule has 0 aliphatic rings. The first-order valence-corrected chi connectivity index (χ1v) is 10.7. The quantitative estimate of drug-likeness (QED) is 0.292. The number of thiazole rings is 1. The second-order valence-corrected chi connectivity index (χ2v) is 9.37. The number of hydrogen-bond donors (Lipinski definition) is 2. The number of rotatable bonds is 2. The van der Waals surface area contributed by atoms with E-state index in [9.17, 15) is 4.79 Å². The van der Waals surface area contributed by atoms with Crippen LogP contribution < -0.4 is 10.6 Å². The molecule has 0 radical (unpaired) electrons. The molecule has 0 saturated heterocycles. The summed E-state index contributed by atoms with van der Waals surface area (Å²) in [7, 11) is 0. The number of carbonyl (C=O) groups excluding carboxylic acids is 1. The smallest absolute Gasteiger partial charge is 0.258 e. The standard InChI is InChI=1S/C16H10ClI2N3OS2/c1-7-4-13-12(6-10(7)17)20-16(25-13)22-15(24)21-14(23)9-5-8(18)2-3-11(9)19/h2-6H,1H3,(H2,20,21,22,23,24). The van der Waals surface area contributed by atoms with Gasteiger partial charge in [0.2, 0.25) is 0 Å². The highest BCUT2D eigenvalue weighted by molar-refractivity contribution is 14.1. The molecule has 0 aliphatic heterocycles. The number of amides is 1. The molecule has 3 aromatic rings. The number of anilines is 1. The Bertz CT molecular complexity index is 967. The summed E-state index contributed by atoms with van der Waals surface area (Å²) in [6.45, 7) is 1.95. The number of nitrogens with one attached hydrogen (secondary N) is 2. The Morgan fingerprint density at radius 3 is 2.80 bits per heavy atom. The number of nitrogens with zero attached hydrogens (tertiary/aromatic N) is 1. The van der Waals surface area contributed by atoms with Crippen molar-refractivity contribution in [2.45, 2.75) is 6.92 Å². The lowest BCUT2D eigenvalue weighted by Gasteiger charge is -2.08. The van der Waals surface area contributed by atoms with Gasteiger partial charge in [0.25, 0.3) is 5.91 Å². The van der Waals surface area contributed by atoms with E-state index in [0.717, 1.165) is 22.9 Å². The number of carbonyl (C=O) groups is 1. The second kappa shape index (κ2) is 7.99. The van der Waals surface area contributed by atoms with Crippen molar-refractivity contribution < 1.29 is 4.79 Å². The molecule has 4 nitrogen and oxygen atoms in total. The lowest BCUT2D eigenvalue weighted by Crippen LogP contribution is -2.34. The van der Waals surface area contributed by atoms with E-state index in [1.54, 1.807) is 0 Å². The summed E-state index contributed by atoms with van der Waals surface area (Å²) in [5.41, 5.74) is 2.38. The highest BCUT2D eigenvalue weighted by Crippen LogP contribution is 2.30. The number of benzene rings is 2. The zero-order valence-electron chi connectivity index (χ0n) is 12.7. The minimum Gasteiger partial charge on any atom is -0.308 e. The molecule has 1 amide bonds. The van der Waals surface area contributed by atoms with Crippen molar-refractivity contribution in [1.29, 1.82) is 0 Å². The predicted molar refractivity (Wildman–Crippen MR) is 125 cm³/mol. The molecule has 2 N–H and O–H groups in total. The normalized spacial score (nSPS) is 10.7. The Kier molecular flexibility index (Phi) is 6.14. The van der Waals surface area contributed by atoms with E-state index in [0.29, 0.717) is 15.7 Å². The van der Waals surface area contributed by atoms with E-state index < -0.39 is 0 Å². The van der Waals surface area contributed by atoms with Gasteiger partial charge in [-0.1, -0.05) is 22.9 Å². The minimum atomic E-state index is -0.250. The Morgan fingerprint density at radius 1 is 1.28 bits per heavy atom. The van der Waals surface area contributed by atoms with E-state index in [-0.39, 0.29) is 11.0 Å². The highest BCUT2D eigenvalue weighted by atomic mass is 127. The summed E-state index contributed by atoms with van der Waals surface area (Å²) in [5, 5.41) is 7.15. The number of halogens is 3. The largest absolute Gasteiger partial charge is 0.308 e. The molecule has 3 rings (SSSR count). The third-order valence-electron chi connectivity index (χ3n) is 3.29. The van der Waals surface area contributed by atoms with Gasteiger partial charge in [0, 0.05) is 12.2 Å². The molecule has 0 aliphatic carbocycles. The zero-order valence-corrected chi connectivity index (χ0v) is 19.4. The number of aryl methyl sites for hydroxylation is 1. The van der Waals surface area contributed by atoms with Crippen LogP contribution >= 0.6 is 80.3 Å². The van der Waals surface area contributed by atoms with Crippen LogP contribution in [0.1, 0.15) is 15.9 Å². The van der Waals surface area contributed by atoms with E-state index in [4.69, 9.17) is 23.8 Å². The molecule has 9 heteroatoms. The van der Waals surface area contributed by atoms with Gasteiger partial charge in [0.1, 0.15) is 0 Å². The fourth-order valence-electron chi connectivity index (χ4n) is 2.07. The summed E-state index contributed by atoms with van der Waals surface area (Å²) < 4.78 is 2.86. The molecule has 1 aromatic heterocycles. The van der Waals surface area contributed by atoms with E-state index in [1.807, 2.05) is 37.3 Å². The Hall–Kier alpha value is -0.560. The van der Waals surface area contributed by atoms with Gasteiger partial charge in [-0.2, -0.15) is 0 Å². The van der Waals surface area contributed by atoms with Crippen LogP contribution in [0, 0.1) is 14.1 Å². The Balaban J connectivity index is 1.74. The summed E-state index contributed by atoms with van der Waals surface area (Å²) >= 11 is 17.1. The maximum Gasteiger partial charge on any atom is 0.258 e. The molecule has 0 saturated carbocycles. The van der Waals surface area contributed by atoms with Gasteiger partial charge in [0.05, 0.1) is 15.8 Å². The van der Waals surface area contributed by atoms with Crippen molar-refractivity contribution in [3.63, 3.8) is 0 Å². The van der Waals surface area contributed by atoms with Crippen LogP contribution in [0.15, 0.2) is 30.3 Å². The lowest BCUT2D eigenvalue weighted by atomic mass is 10.2. The van der Waals surface area contributed by atoms with Crippen LogP contribution in [0.25, 0.3) is 10.2 Å². The molecule has 25 heavy (non-hydrogen) atoms. The highest BCUT2D eigenvalue weighted by Gasteiger charge is 2.13. The van der Waals surface area contributed by atoms with Gasteiger partial charge < -0.3 is 5.32 Å². The Morgan fingerprint density at radius 2 is 2.04 bits per heavy atom. The lowest BCUT2D eigenvalue weighted by molar-refractivity contribution is 0.0977. The molecule has 1 heterocycles. The second-order valence-electron chi connectivity index (χ2n) is 5.12. The van der Waals surface area contributed by atoms with Crippen LogP contribution in [-0.2, 0) is 0 Å². The number of hydrogen-bond acceptors (Lipinski definition) is 4. The van der Waals surface area contributed by atoms with E-state index in [2.05, 4.69) is 60.8 Å². The van der Waals surface area contributed by atoms with Gasteiger partial charge in [-0.25, -0.2) is 4.98 Å². The van der Waals surface area contributed by atoms with Crippen molar-refractivity contribution in [2.75, 3.05) is 5.32 Å². The van der Waals surface area contributed by atoms with Gasteiger partial charge in [-0.15, -0.1) is 0 Å². The van der Waals surface area contributed by atoms with E-state index >= 15 is 0 Å². The average Bonchev–Trinajstić information content (AvgIpc) is 2.90. The average molecular weight is 614 g/mol. The monoisotopic (exact) mass is 613 g/mol. The minimum absolute atomic E-state index is 0.210. The van der Waals surface area contributed by atoms with Gasteiger partial charge in [0.15, 0.2) is 10.2 Å². The van der Waals surface area contributed by atoms with Gasteiger partial charge in [-0.3, -0.25) is 10.1 Å². The van der Waals surface area contributed by atoms with E-state index in [1.165, 1.54) is 11.3 Å². The van der Waals surface area contributed by atoms with Crippen molar-refractivity contribution in [1.82, 2.24) is 10.3 Å².